The van der Waals surface area contributed by atoms with Crippen LogP contribution >= 0.6 is 0 Å². The highest BCUT2D eigenvalue weighted by molar-refractivity contribution is 6.04. The molecular formula is C24H26N6O4. The predicted octanol–water partition coefficient (Wildman–Crippen LogP) is 3.42. The number of carbonyl (C=O) groups is 2. The summed E-state index contributed by atoms with van der Waals surface area (Å²) in [5, 5.41) is 6.91. The number of benzene rings is 1. The molecule has 2 fully saturated rings. The first-order valence-corrected chi connectivity index (χ1v) is 11.5. The van der Waals surface area contributed by atoms with Gasteiger partial charge in [-0.3, -0.25) is 14.3 Å². The van der Waals surface area contributed by atoms with Crippen LogP contribution in [0.15, 0.2) is 42.9 Å². The minimum absolute atomic E-state index is 0.120. The minimum atomic E-state index is -0.313. The van der Waals surface area contributed by atoms with Gasteiger partial charge in [0.15, 0.2) is 0 Å². The van der Waals surface area contributed by atoms with Crippen molar-refractivity contribution in [2.45, 2.75) is 38.2 Å². The van der Waals surface area contributed by atoms with E-state index >= 15 is 0 Å². The molecule has 1 aromatic carbocycles. The summed E-state index contributed by atoms with van der Waals surface area (Å²) < 4.78 is 13.6. The van der Waals surface area contributed by atoms with Gasteiger partial charge in [-0.1, -0.05) is 0 Å². The SMILES string of the molecule is Cn1nccc1NC(=O)c1cc(Oc2cnc(C(=O)N3CCC3)cn2)cc(OC2CCCC2)c1. The Kier molecular flexibility index (Phi) is 6.11. The highest BCUT2D eigenvalue weighted by atomic mass is 16.5. The van der Waals surface area contributed by atoms with E-state index in [4.69, 9.17) is 9.47 Å². The van der Waals surface area contributed by atoms with Crippen molar-refractivity contribution in [2.24, 2.45) is 7.05 Å². The van der Waals surface area contributed by atoms with Crippen LogP contribution < -0.4 is 14.8 Å². The fraction of sp³-hybridized carbons (Fsp3) is 0.375. The van der Waals surface area contributed by atoms with Crippen LogP contribution in [0.4, 0.5) is 5.82 Å². The zero-order valence-corrected chi connectivity index (χ0v) is 18.9. The van der Waals surface area contributed by atoms with Gasteiger partial charge in [-0.05, 0) is 44.2 Å². The predicted molar refractivity (Wildman–Crippen MR) is 123 cm³/mol. The maximum absolute atomic E-state index is 12.9. The quantitative estimate of drug-likeness (QED) is 0.573. The Hall–Kier alpha value is -3.95. The standard InChI is InChI=1S/C24H26N6O4/c1-29-21(7-8-27-29)28-23(31)16-11-18(33-17-5-2-3-6-17)13-19(12-16)34-22-15-25-20(14-26-22)24(32)30-9-4-10-30/h7-8,11-15,17H,2-6,9-10H2,1H3,(H,28,31). The lowest BCUT2D eigenvalue weighted by Crippen LogP contribution is -2.42. The fourth-order valence-corrected chi connectivity index (χ4v) is 3.99. The van der Waals surface area contributed by atoms with Gasteiger partial charge < -0.3 is 19.7 Å². The van der Waals surface area contributed by atoms with Crippen LogP contribution in [-0.4, -0.2) is 55.7 Å². The second kappa shape index (κ2) is 9.50. The normalized spacial score (nSPS) is 15.6. The highest BCUT2D eigenvalue weighted by Crippen LogP contribution is 2.30. The number of ether oxygens (including phenoxy) is 2. The molecule has 1 aliphatic carbocycles. The Morgan fingerprint density at radius 1 is 1.03 bits per heavy atom. The number of nitrogens with one attached hydrogen (secondary N) is 1. The molecule has 0 spiro atoms. The van der Waals surface area contributed by atoms with E-state index in [9.17, 15) is 9.59 Å². The summed E-state index contributed by atoms with van der Waals surface area (Å²) in [5.41, 5.74) is 0.658. The summed E-state index contributed by atoms with van der Waals surface area (Å²) in [6.07, 6.45) is 9.79. The molecular weight excluding hydrogens is 436 g/mol. The van der Waals surface area contributed by atoms with E-state index in [1.165, 1.54) is 12.4 Å². The van der Waals surface area contributed by atoms with Crippen molar-refractivity contribution in [3.63, 3.8) is 0 Å². The minimum Gasteiger partial charge on any atom is -0.490 e. The van der Waals surface area contributed by atoms with Crippen molar-refractivity contribution < 1.29 is 19.1 Å². The van der Waals surface area contributed by atoms with Gasteiger partial charge in [0.25, 0.3) is 11.8 Å². The smallest absolute Gasteiger partial charge is 0.274 e. The van der Waals surface area contributed by atoms with Gasteiger partial charge in [-0.25, -0.2) is 9.97 Å². The summed E-state index contributed by atoms with van der Waals surface area (Å²) >= 11 is 0. The lowest BCUT2D eigenvalue weighted by atomic mass is 10.2. The van der Waals surface area contributed by atoms with E-state index in [-0.39, 0.29) is 29.5 Å². The van der Waals surface area contributed by atoms with E-state index in [0.29, 0.717) is 22.9 Å². The molecule has 2 aliphatic rings. The van der Waals surface area contributed by atoms with E-state index in [2.05, 4.69) is 20.4 Å². The first-order chi connectivity index (χ1) is 16.5. The van der Waals surface area contributed by atoms with Gasteiger partial charge in [0.05, 0.1) is 24.7 Å². The molecule has 0 bridgehead atoms. The van der Waals surface area contributed by atoms with Crippen molar-refractivity contribution in [3.8, 4) is 17.4 Å². The van der Waals surface area contributed by atoms with Crippen LogP contribution in [0.2, 0.25) is 0 Å². The molecule has 34 heavy (non-hydrogen) atoms. The van der Waals surface area contributed by atoms with Crippen molar-refractivity contribution in [3.05, 3.63) is 54.1 Å². The zero-order valence-electron chi connectivity index (χ0n) is 18.9. The molecule has 1 aliphatic heterocycles. The second-order valence-corrected chi connectivity index (χ2v) is 8.50. The molecule has 10 nitrogen and oxygen atoms in total. The molecule has 0 atom stereocenters. The Bertz CT molecular complexity index is 1180. The molecule has 2 aromatic heterocycles. The summed E-state index contributed by atoms with van der Waals surface area (Å²) in [6, 6.07) is 6.78. The number of hydrogen-bond acceptors (Lipinski definition) is 7. The number of likely N-dealkylation sites (tertiary alicyclic amines) is 1. The number of aryl methyl sites for hydroxylation is 1. The number of carbonyl (C=O) groups excluding carboxylic acids is 2. The highest BCUT2D eigenvalue weighted by Gasteiger charge is 2.23. The largest absolute Gasteiger partial charge is 0.490 e. The molecule has 3 heterocycles. The van der Waals surface area contributed by atoms with E-state index in [1.807, 2.05) is 0 Å². The van der Waals surface area contributed by atoms with Gasteiger partial charge in [0.2, 0.25) is 5.88 Å². The number of hydrogen-bond donors (Lipinski definition) is 1. The Morgan fingerprint density at radius 2 is 1.82 bits per heavy atom. The topological polar surface area (TPSA) is 111 Å². The molecule has 1 saturated carbocycles. The summed E-state index contributed by atoms with van der Waals surface area (Å²) in [7, 11) is 1.75. The van der Waals surface area contributed by atoms with Gasteiger partial charge in [-0.15, -0.1) is 0 Å². The van der Waals surface area contributed by atoms with E-state index in [1.54, 1.807) is 47.1 Å². The van der Waals surface area contributed by atoms with Gasteiger partial charge >= 0.3 is 0 Å². The Labute approximate surface area is 196 Å². The maximum atomic E-state index is 12.9. The monoisotopic (exact) mass is 462 g/mol. The average Bonchev–Trinajstić information content (AvgIpc) is 3.45. The van der Waals surface area contributed by atoms with Crippen molar-refractivity contribution >= 4 is 17.6 Å². The van der Waals surface area contributed by atoms with E-state index < -0.39 is 0 Å². The third kappa shape index (κ3) is 4.85. The van der Waals surface area contributed by atoms with Crippen LogP contribution in [0, 0.1) is 0 Å². The van der Waals surface area contributed by atoms with Crippen LogP contribution in [0.5, 0.6) is 17.4 Å². The molecule has 0 radical (unpaired) electrons. The number of rotatable bonds is 7. The van der Waals surface area contributed by atoms with Crippen LogP contribution in [-0.2, 0) is 7.05 Å². The summed E-state index contributed by atoms with van der Waals surface area (Å²) in [6.45, 7) is 1.49. The molecule has 5 rings (SSSR count). The molecule has 1 N–H and O–H groups in total. The summed E-state index contributed by atoms with van der Waals surface area (Å²) in [5.74, 6) is 1.29. The summed E-state index contributed by atoms with van der Waals surface area (Å²) in [4.78, 5) is 35.4. The number of aromatic nitrogens is 4. The van der Waals surface area contributed by atoms with Gasteiger partial charge in [0.1, 0.15) is 23.0 Å². The van der Waals surface area contributed by atoms with Crippen molar-refractivity contribution in [2.75, 3.05) is 18.4 Å². The Morgan fingerprint density at radius 3 is 2.47 bits per heavy atom. The third-order valence-electron chi connectivity index (χ3n) is 6.02. The Balaban J connectivity index is 1.36. The zero-order chi connectivity index (χ0) is 23.5. The van der Waals surface area contributed by atoms with Crippen molar-refractivity contribution in [1.82, 2.24) is 24.6 Å². The average molecular weight is 463 g/mol. The molecule has 1 saturated heterocycles. The van der Waals surface area contributed by atoms with E-state index in [0.717, 1.165) is 45.2 Å². The molecule has 10 heteroatoms. The first kappa shape index (κ1) is 21.9. The third-order valence-corrected chi connectivity index (χ3v) is 6.02. The lowest BCUT2D eigenvalue weighted by molar-refractivity contribution is 0.0645. The molecule has 176 valence electrons. The van der Waals surface area contributed by atoms with Gasteiger partial charge in [-0.2, -0.15) is 5.10 Å². The molecule has 2 amide bonds. The maximum Gasteiger partial charge on any atom is 0.274 e. The number of nitrogens with zero attached hydrogens (tertiary/aromatic N) is 5. The van der Waals surface area contributed by atoms with Gasteiger partial charge in [0, 0.05) is 37.8 Å². The number of anilines is 1. The van der Waals surface area contributed by atoms with Crippen LogP contribution in [0.1, 0.15) is 53.0 Å². The lowest BCUT2D eigenvalue weighted by Gasteiger charge is -2.30. The molecule has 0 unspecified atom stereocenters. The fourth-order valence-electron chi connectivity index (χ4n) is 3.99. The first-order valence-electron chi connectivity index (χ1n) is 11.5. The second-order valence-electron chi connectivity index (χ2n) is 8.50. The molecule has 3 aromatic rings. The van der Waals surface area contributed by atoms with Crippen LogP contribution in [0.3, 0.4) is 0 Å². The van der Waals surface area contributed by atoms with Crippen LogP contribution in [0.25, 0.3) is 0 Å². The van der Waals surface area contributed by atoms with Crippen molar-refractivity contribution in [1.29, 1.82) is 0 Å². The number of amides is 2.